The van der Waals surface area contributed by atoms with Gasteiger partial charge in [-0.05, 0) is 12.8 Å². The van der Waals surface area contributed by atoms with E-state index in [2.05, 4.69) is 11.9 Å². The lowest BCUT2D eigenvalue weighted by Gasteiger charge is -2.25. The summed E-state index contributed by atoms with van der Waals surface area (Å²) in [5.74, 6) is -1.10. The molecule has 17 heavy (non-hydrogen) atoms. The van der Waals surface area contributed by atoms with Gasteiger partial charge < -0.3 is 15.3 Å². The summed E-state index contributed by atoms with van der Waals surface area (Å²) in [5, 5.41) is 11.6. The molecule has 98 valence electrons. The molecule has 0 radical (unpaired) electrons. The van der Waals surface area contributed by atoms with Crippen molar-refractivity contribution < 1.29 is 14.7 Å². The van der Waals surface area contributed by atoms with E-state index in [0.29, 0.717) is 19.5 Å². The first kappa shape index (κ1) is 15.5. The Bertz CT molecular complexity index is 279. The monoisotopic (exact) mass is 242 g/mol. The van der Waals surface area contributed by atoms with Gasteiger partial charge in [0.15, 0.2) is 0 Å². The third-order valence-corrected chi connectivity index (χ3v) is 2.78. The van der Waals surface area contributed by atoms with Gasteiger partial charge in [0, 0.05) is 13.1 Å². The van der Waals surface area contributed by atoms with E-state index < -0.39 is 12.0 Å². The zero-order valence-electron chi connectivity index (χ0n) is 10.8. The van der Waals surface area contributed by atoms with E-state index in [1.165, 1.54) is 4.90 Å². The van der Waals surface area contributed by atoms with E-state index >= 15 is 0 Å². The van der Waals surface area contributed by atoms with Crippen LogP contribution in [0.5, 0.6) is 0 Å². The minimum Gasteiger partial charge on any atom is -0.480 e. The van der Waals surface area contributed by atoms with Gasteiger partial charge in [-0.3, -0.25) is 0 Å². The highest BCUT2D eigenvalue weighted by Crippen LogP contribution is 2.08. The maximum absolute atomic E-state index is 11.8. The number of likely N-dealkylation sites (N-methyl/N-ethyl adjacent to an activating group) is 1. The molecule has 5 nitrogen and oxygen atoms in total. The fraction of sp³-hybridized carbons (Fsp3) is 0.667. The third-order valence-electron chi connectivity index (χ3n) is 2.78. The molecule has 0 aromatic rings. The Morgan fingerprint density at radius 3 is 2.41 bits per heavy atom. The van der Waals surface area contributed by atoms with Crippen LogP contribution in [0.4, 0.5) is 4.79 Å². The van der Waals surface area contributed by atoms with Gasteiger partial charge in [0.25, 0.3) is 0 Å². The molecule has 0 fully saturated rings. The molecule has 0 saturated heterocycles. The largest absolute Gasteiger partial charge is 0.480 e. The van der Waals surface area contributed by atoms with Crippen molar-refractivity contribution in [2.24, 2.45) is 5.92 Å². The normalized spacial score (nSPS) is 13.6. The van der Waals surface area contributed by atoms with Gasteiger partial charge in [-0.25, -0.2) is 9.59 Å². The van der Waals surface area contributed by atoms with Crippen LogP contribution in [-0.2, 0) is 4.79 Å². The lowest BCUT2D eigenvalue weighted by molar-refractivity contribution is -0.140. The number of carboxylic acid groups (broad SMARTS) is 1. The van der Waals surface area contributed by atoms with Crippen LogP contribution in [-0.4, -0.2) is 41.1 Å². The number of rotatable bonds is 7. The maximum atomic E-state index is 11.8. The van der Waals surface area contributed by atoms with Crippen LogP contribution in [0.15, 0.2) is 12.7 Å². The number of urea groups is 1. The summed E-state index contributed by atoms with van der Waals surface area (Å²) in [7, 11) is 0. The summed E-state index contributed by atoms with van der Waals surface area (Å²) in [6.45, 7) is 10.0. The van der Waals surface area contributed by atoms with Crippen molar-refractivity contribution in [3.63, 3.8) is 0 Å². The number of nitrogens with zero attached hydrogens (tertiary/aromatic N) is 1. The van der Waals surface area contributed by atoms with Gasteiger partial charge in [0.2, 0.25) is 0 Å². The predicted octanol–water partition coefficient (Wildman–Crippen LogP) is 1.70. The highest BCUT2D eigenvalue weighted by molar-refractivity contribution is 5.82. The van der Waals surface area contributed by atoms with E-state index in [9.17, 15) is 9.59 Å². The van der Waals surface area contributed by atoms with Gasteiger partial charge in [-0.15, -0.1) is 6.58 Å². The number of hydrogen-bond donors (Lipinski definition) is 2. The average molecular weight is 242 g/mol. The molecule has 2 atom stereocenters. The zero-order valence-corrected chi connectivity index (χ0v) is 10.8. The fourth-order valence-corrected chi connectivity index (χ4v) is 1.42. The second-order valence-corrected chi connectivity index (χ2v) is 3.98. The molecule has 0 aromatic carbocycles. The maximum Gasteiger partial charge on any atom is 0.326 e. The highest BCUT2D eigenvalue weighted by Gasteiger charge is 2.26. The molecule has 0 spiro atoms. The van der Waals surface area contributed by atoms with Crippen LogP contribution in [0.25, 0.3) is 0 Å². The molecule has 0 heterocycles. The fourth-order valence-electron chi connectivity index (χ4n) is 1.42. The number of hydrogen-bond acceptors (Lipinski definition) is 2. The van der Waals surface area contributed by atoms with Gasteiger partial charge in [-0.1, -0.05) is 26.3 Å². The van der Waals surface area contributed by atoms with E-state index in [1.807, 2.05) is 20.8 Å². The van der Waals surface area contributed by atoms with E-state index in [0.717, 1.165) is 0 Å². The summed E-state index contributed by atoms with van der Waals surface area (Å²) >= 11 is 0. The topological polar surface area (TPSA) is 69.6 Å². The molecule has 0 saturated carbocycles. The summed E-state index contributed by atoms with van der Waals surface area (Å²) in [6.07, 6.45) is 2.31. The number of aliphatic carboxylic acids is 1. The summed E-state index contributed by atoms with van der Waals surface area (Å²) in [5.41, 5.74) is 0. The molecule has 5 heteroatoms. The van der Waals surface area contributed by atoms with E-state index in [4.69, 9.17) is 5.11 Å². The first-order chi connectivity index (χ1) is 7.97. The minimum atomic E-state index is -0.998. The first-order valence-corrected chi connectivity index (χ1v) is 5.86. The first-order valence-electron chi connectivity index (χ1n) is 5.86. The van der Waals surface area contributed by atoms with Gasteiger partial charge in [0.05, 0.1) is 0 Å². The molecule has 0 unspecified atom stereocenters. The Hall–Kier alpha value is -1.52. The Balaban J connectivity index is 4.58. The van der Waals surface area contributed by atoms with Gasteiger partial charge >= 0.3 is 12.0 Å². The highest BCUT2D eigenvalue weighted by atomic mass is 16.4. The predicted molar refractivity (Wildman–Crippen MR) is 66.9 cm³/mol. The molecule has 2 amide bonds. The number of carboxylic acids is 1. The summed E-state index contributed by atoms with van der Waals surface area (Å²) in [4.78, 5) is 24.4. The van der Waals surface area contributed by atoms with Crippen molar-refractivity contribution in [1.29, 1.82) is 0 Å². The molecule has 0 aliphatic rings. The molecular weight excluding hydrogens is 220 g/mol. The summed E-state index contributed by atoms with van der Waals surface area (Å²) < 4.78 is 0. The summed E-state index contributed by atoms with van der Waals surface area (Å²) in [6, 6.07) is -1.20. The van der Waals surface area contributed by atoms with Crippen molar-refractivity contribution in [1.82, 2.24) is 10.2 Å². The van der Waals surface area contributed by atoms with Crippen LogP contribution < -0.4 is 5.32 Å². The standard InChI is InChI=1S/C12H22N2O3/c1-5-8-14(7-3)12(17)13-10(11(15)16)9(4)6-2/h5,9-10H,1,6-8H2,2-4H3,(H,13,17)(H,15,16)/t9-,10-/m0/s1. The Morgan fingerprint density at radius 2 is 2.06 bits per heavy atom. The van der Waals surface area contributed by atoms with Crippen LogP contribution >= 0.6 is 0 Å². The number of carbonyl (C=O) groups excluding carboxylic acids is 1. The second-order valence-electron chi connectivity index (χ2n) is 3.98. The van der Waals surface area contributed by atoms with Gasteiger partial charge in [-0.2, -0.15) is 0 Å². The van der Waals surface area contributed by atoms with Crippen molar-refractivity contribution in [2.45, 2.75) is 33.2 Å². The van der Waals surface area contributed by atoms with Crippen LogP contribution in [0, 0.1) is 5.92 Å². The molecular formula is C12H22N2O3. The van der Waals surface area contributed by atoms with E-state index in [1.54, 1.807) is 6.08 Å². The Labute approximate surface area is 102 Å². The average Bonchev–Trinajstić information content (AvgIpc) is 2.31. The molecule has 0 bridgehead atoms. The second kappa shape index (κ2) is 7.70. The number of amides is 2. The molecule has 0 rings (SSSR count). The van der Waals surface area contributed by atoms with Crippen LogP contribution in [0.2, 0.25) is 0 Å². The zero-order chi connectivity index (χ0) is 13.4. The van der Waals surface area contributed by atoms with Crippen molar-refractivity contribution in [3.05, 3.63) is 12.7 Å². The van der Waals surface area contributed by atoms with E-state index in [-0.39, 0.29) is 11.9 Å². The van der Waals surface area contributed by atoms with Crippen LogP contribution in [0.1, 0.15) is 27.2 Å². The molecule has 2 N–H and O–H groups in total. The molecule has 0 aromatic heterocycles. The quantitative estimate of drug-likeness (QED) is 0.668. The number of nitrogens with one attached hydrogen (secondary N) is 1. The van der Waals surface area contributed by atoms with Crippen molar-refractivity contribution >= 4 is 12.0 Å². The third kappa shape index (κ3) is 4.89. The lowest BCUT2D eigenvalue weighted by Crippen LogP contribution is -2.50. The lowest BCUT2D eigenvalue weighted by atomic mass is 9.99. The SMILES string of the molecule is C=CCN(CC)C(=O)N[C@H](C(=O)O)[C@@H](C)CC. The smallest absolute Gasteiger partial charge is 0.326 e. The Morgan fingerprint density at radius 1 is 1.47 bits per heavy atom. The minimum absolute atomic E-state index is 0.0983. The van der Waals surface area contributed by atoms with Crippen molar-refractivity contribution in [3.8, 4) is 0 Å². The van der Waals surface area contributed by atoms with Crippen LogP contribution in [0.3, 0.4) is 0 Å². The van der Waals surface area contributed by atoms with Gasteiger partial charge in [0.1, 0.15) is 6.04 Å². The Kier molecular flexibility index (Phi) is 7.02. The molecule has 0 aliphatic carbocycles. The van der Waals surface area contributed by atoms with Crippen molar-refractivity contribution in [2.75, 3.05) is 13.1 Å². The number of carbonyl (C=O) groups is 2. The molecule has 0 aliphatic heterocycles.